The largest absolute Gasteiger partial charge is 0.309 e. The van der Waals surface area contributed by atoms with Gasteiger partial charge >= 0.3 is 0 Å². The lowest BCUT2D eigenvalue weighted by Gasteiger charge is -2.29. The second-order valence-corrected chi connectivity index (χ2v) is 5.70. The fourth-order valence-electron chi connectivity index (χ4n) is 3.12. The Morgan fingerprint density at radius 1 is 1.15 bits per heavy atom. The summed E-state index contributed by atoms with van der Waals surface area (Å²) < 4.78 is 0. The highest BCUT2D eigenvalue weighted by molar-refractivity contribution is 5.37. The maximum Gasteiger partial charge on any atom is 0.0433 e. The zero-order valence-corrected chi connectivity index (χ0v) is 12.0. The van der Waals surface area contributed by atoms with Crippen LogP contribution < -0.4 is 5.32 Å². The van der Waals surface area contributed by atoms with E-state index in [-0.39, 0.29) is 5.41 Å². The highest BCUT2D eigenvalue weighted by Gasteiger charge is 2.50. The fourth-order valence-corrected chi connectivity index (χ4v) is 3.12. The molecule has 0 radical (unpaired) electrons. The molecule has 2 nitrogen and oxygen atoms in total. The maximum absolute atomic E-state index is 4.31. The quantitative estimate of drug-likeness (QED) is 0.859. The molecule has 0 spiro atoms. The Bertz CT molecular complexity index is 532. The molecule has 104 valence electrons. The first-order valence-corrected chi connectivity index (χ1v) is 7.55. The van der Waals surface area contributed by atoms with Crippen molar-refractivity contribution in [2.24, 2.45) is 0 Å². The summed E-state index contributed by atoms with van der Waals surface area (Å²) >= 11 is 0. The molecule has 1 N–H and O–H groups in total. The molecule has 1 atom stereocenters. The molecule has 1 aromatic heterocycles. The topological polar surface area (TPSA) is 24.9 Å². The molecular formula is C18H22N2. The number of hydrogen-bond donors (Lipinski definition) is 1. The second-order valence-electron chi connectivity index (χ2n) is 5.70. The van der Waals surface area contributed by atoms with E-state index in [1.54, 1.807) is 0 Å². The lowest BCUT2D eigenvalue weighted by Crippen LogP contribution is -2.32. The Morgan fingerprint density at radius 3 is 2.55 bits per heavy atom. The summed E-state index contributed by atoms with van der Waals surface area (Å²) in [4.78, 5) is 4.31. The molecule has 0 aliphatic heterocycles. The van der Waals surface area contributed by atoms with E-state index >= 15 is 0 Å². The van der Waals surface area contributed by atoms with Crippen molar-refractivity contribution in [3.05, 3.63) is 66.0 Å². The van der Waals surface area contributed by atoms with Gasteiger partial charge in [0.1, 0.15) is 0 Å². The van der Waals surface area contributed by atoms with Crippen molar-refractivity contribution in [3.63, 3.8) is 0 Å². The summed E-state index contributed by atoms with van der Waals surface area (Å²) in [5, 5.41) is 3.75. The van der Waals surface area contributed by atoms with Gasteiger partial charge in [-0.05, 0) is 43.0 Å². The van der Waals surface area contributed by atoms with Gasteiger partial charge in [-0.1, -0.05) is 43.3 Å². The van der Waals surface area contributed by atoms with Gasteiger partial charge in [0.2, 0.25) is 0 Å². The molecule has 1 aromatic carbocycles. The van der Waals surface area contributed by atoms with Gasteiger partial charge in [-0.25, -0.2) is 0 Å². The van der Waals surface area contributed by atoms with Gasteiger partial charge in [-0.2, -0.15) is 0 Å². The summed E-state index contributed by atoms with van der Waals surface area (Å²) in [6, 6.07) is 15.5. The van der Waals surface area contributed by atoms with E-state index in [0.717, 1.165) is 13.0 Å². The Morgan fingerprint density at radius 2 is 1.95 bits per heavy atom. The van der Waals surface area contributed by atoms with Crippen molar-refractivity contribution < 1.29 is 0 Å². The third-order valence-electron chi connectivity index (χ3n) is 4.31. The van der Waals surface area contributed by atoms with E-state index in [2.05, 4.69) is 53.6 Å². The number of hydrogen-bond acceptors (Lipinski definition) is 2. The summed E-state index contributed by atoms with van der Waals surface area (Å²) in [6.45, 7) is 3.27. The van der Waals surface area contributed by atoms with Crippen molar-refractivity contribution in [3.8, 4) is 0 Å². The smallest absolute Gasteiger partial charge is 0.0433 e. The van der Waals surface area contributed by atoms with Crippen molar-refractivity contribution in [1.29, 1.82) is 0 Å². The Balaban J connectivity index is 1.94. The minimum absolute atomic E-state index is 0.263. The predicted octanol–water partition coefficient (Wildman–Crippen LogP) is 3.85. The zero-order valence-electron chi connectivity index (χ0n) is 12.0. The summed E-state index contributed by atoms with van der Waals surface area (Å²) in [5.41, 5.74) is 3.03. The number of benzene rings is 1. The van der Waals surface area contributed by atoms with Crippen molar-refractivity contribution >= 4 is 0 Å². The van der Waals surface area contributed by atoms with Crippen LogP contribution in [0.1, 0.15) is 43.4 Å². The Kier molecular flexibility index (Phi) is 3.83. The Labute approximate surface area is 121 Å². The van der Waals surface area contributed by atoms with Crippen molar-refractivity contribution in [1.82, 2.24) is 10.3 Å². The maximum atomic E-state index is 4.31. The van der Waals surface area contributed by atoms with Crippen LogP contribution in [0.15, 0.2) is 54.9 Å². The molecule has 3 rings (SSSR count). The molecule has 0 amide bonds. The number of rotatable bonds is 6. The van der Waals surface area contributed by atoms with Gasteiger partial charge in [0.15, 0.2) is 0 Å². The first-order chi connectivity index (χ1) is 9.87. The van der Waals surface area contributed by atoms with Gasteiger partial charge in [-0.3, -0.25) is 4.98 Å². The first-order valence-electron chi connectivity index (χ1n) is 7.55. The van der Waals surface area contributed by atoms with E-state index in [0.29, 0.717) is 6.04 Å². The van der Waals surface area contributed by atoms with Crippen LogP contribution in [0.25, 0.3) is 0 Å². The highest BCUT2D eigenvalue weighted by atomic mass is 15.0. The zero-order chi connectivity index (χ0) is 13.8. The molecule has 1 aliphatic carbocycles. The molecule has 1 heterocycles. The lowest BCUT2D eigenvalue weighted by molar-refractivity contribution is 0.428. The fraction of sp³-hybridized carbons (Fsp3) is 0.389. The monoisotopic (exact) mass is 266 g/mol. The SMILES string of the molecule is CCCNC(c1cccnc1)C1(c2ccccc2)CC1. The second kappa shape index (κ2) is 5.76. The van der Waals surface area contributed by atoms with E-state index in [4.69, 9.17) is 0 Å². The molecule has 1 unspecified atom stereocenters. The van der Waals surface area contributed by atoms with Crippen LogP contribution >= 0.6 is 0 Å². The number of nitrogens with one attached hydrogen (secondary N) is 1. The lowest BCUT2D eigenvalue weighted by atomic mass is 9.84. The average Bonchev–Trinajstić information content (AvgIpc) is 3.31. The van der Waals surface area contributed by atoms with Crippen LogP contribution in [-0.2, 0) is 5.41 Å². The number of aromatic nitrogens is 1. The summed E-state index contributed by atoms with van der Waals surface area (Å²) in [7, 11) is 0. The van der Waals surface area contributed by atoms with Gasteiger partial charge < -0.3 is 5.32 Å². The molecule has 0 bridgehead atoms. The Hall–Kier alpha value is -1.67. The summed E-state index contributed by atoms with van der Waals surface area (Å²) in [5.74, 6) is 0. The average molecular weight is 266 g/mol. The van der Waals surface area contributed by atoms with Crippen LogP contribution in [-0.4, -0.2) is 11.5 Å². The molecule has 2 heteroatoms. The van der Waals surface area contributed by atoms with Crippen LogP contribution in [0, 0.1) is 0 Å². The molecule has 1 aliphatic rings. The first kappa shape index (κ1) is 13.3. The molecule has 2 aromatic rings. The molecule has 1 saturated carbocycles. The van der Waals surface area contributed by atoms with Crippen LogP contribution in [0.3, 0.4) is 0 Å². The van der Waals surface area contributed by atoms with Crippen molar-refractivity contribution in [2.45, 2.75) is 37.6 Å². The minimum Gasteiger partial charge on any atom is -0.309 e. The number of nitrogens with zero attached hydrogens (tertiary/aromatic N) is 1. The normalized spacial score (nSPS) is 17.6. The van der Waals surface area contributed by atoms with Gasteiger partial charge in [0, 0.05) is 23.9 Å². The van der Waals surface area contributed by atoms with Crippen LogP contribution in [0.4, 0.5) is 0 Å². The van der Waals surface area contributed by atoms with Crippen molar-refractivity contribution in [2.75, 3.05) is 6.54 Å². The number of pyridine rings is 1. The molecule has 1 fully saturated rings. The van der Waals surface area contributed by atoms with E-state index in [1.807, 2.05) is 18.5 Å². The third kappa shape index (κ3) is 2.48. The van der Waals surface area contributed by atoms with E-state index < -0.39 is 0 Å². The predicted molar refractivity (Wildman–Crippen MR) is 82.6 cm³/mol. The molecule has 0 saturated heterocycles. The van der Waals surface area contributed by atoms with Crippen LogP contribution in [0.2, 0.25) is 0 Å². The standard InChI is InChI=1S/C18H22N2/c1-2-12-20-17(15-7-6-13-19-14-15)18(10-11-18)16-8-4-3-5-9-16/h3-9,13-14,17,20H,2,10-12H2,1H3. The van der Waals surface area contributed by atoms with E-state index in [1.165, 1.54) is 24.0 Å². The molecule has 20 heavy (non-hydrogen) atoms. The molecular weight excluding hydrogens is 244 g/mol. The summed E-state index contributed by atoms with van der Waals surface area (Å²) in [6.07, 6.45) is 7.53. The highest BCUT2D eigenvalue weighted by Crippen LogP contribution is 2.56. The minimum atomic E-state index is 0.263. The van der Waals surface area contributed by atoms with Gasteiger partial charge in [-0.15, -0.1) is 0 Å². The van der Waals surface area contributed by atoms with E-state index in [9.17, 15) is 0 Å². The van der Waals surface area contributed by atoms with Gasteiger partial charge in [0.05, 0.1) is 0 Å². The van der Waals surface area contributed by atoms with Gasteiger partial charge in [0.25, 0.3) is 0 Å². The third-order valence-corrected chi connectivity index (χ3v) is 4.31. The van der Waals surface area contributed by atoms with Crippen LogP contribution in [0.5, 0.6) is 0 Å².